The Hall–Kier alpha value is -1.82. The summed E-state index contributed by atoms with van der Waals surface area (Å²) in [5, 5.41) is 15.9. The second-order valence-electron chi connectivity index (χ2n) is 6.08. The van der Waals surface area contributed by atoms with Crippen molar-refractivity contribution in [3.63, 3.8) is 0 Å². The van der Waals surface area contributed by atoms with Crippen LogP contribution < -0.4 is 10.6 Å². The van der Waals surface area contributed by atoms with E-state index in [1.165, 1.54) is 12.1 Å². The summed E-state index contributed by atoms with van der Waals surface area (Å²) in [6, 6.07) is 8.59. The molecule has 0 bridgehead atoms. The van der Waals surface area contributed by atoms with E-state index in [0.29, 0.717) is 12.0 Å². The fraction of sp³-hybridized carbons (Fsp3) is 0.278. The standard InChI is InChI=1S/C18H17Cl2FN2O2/c1-9(12-7-15(21)14(20)8-13(12)19)22-18(25)23-17-11-5-3-2-4-10(11)6-16(17)24/h2-5,7-9,16-17,24H,6H2,1H3,(H2,22,23,25). The van der Waals surface area contributed by atoms with Gasteiger partial charge in [0, 0.05) is 11.4 Å². The summed E-state index contributed by atoms with van der Waals surface area (Å²) < 4.78 is 13.6. The Kier molecular flexibility index (Phi) is 5.18. The molecule has 0 aromatic heterocycles. The molecule has 0 fully saturated rings. The third-order valence-electron chi connectivity index (χ3n) is 4.34. The SMILES string of the molecule is CC(NC(=O)NC1c2ccccc2CC1O)c1cc(F)c(Cl)cc1Cl. The maximum absolute atomic E-state index is 13.6. The van der Waals surface area contributed by atoms with E-state index in [-0.39, 0.29) is 10.0 Å². The fourth-order valence-corrected chi connectivity index (χ4v) is 3.62. The molecule has 25 heavy (non-hydrogen) atoms. The van der Waals surface area contributed by atoms with Gasteiger partial charge in [0.2, 0.25) is 0 Å². The molecule has 0 radical (unpaired) electrons. The number of nitrogens with one attached hydrogen (secondary N) is 2. The summed E-state index contributed by atoms with van der Waals surface area (Å²) in [6.07, 6.45) is -0.194. The van der Waals surface area contributed by atoms with Crippen LogP contribution in [0.25, 0.3) is 0 Å². The van der Waals surface area contributed by atoms with Crippen LogP contribution in [0.15, 0.2) is 36.4 Å². The lowest BCUT2D eigenvalue weighted by molar-refractivity contribution is 0.142. The highest BCUT2D eigenvalue weighted by atomic mass is 35.5. The number of benzene rings is 2. The minimum Gasteiger partial charge on any atom is -0.390 e. The first-order valence-electron chi connectivity index (χ1n) is 7.84. The monoisotopic (exact) mass is 382 g/mol. The largest absolute Gasteiger partial charge is 0.390 e. The van der Waals surface area contributed by atoms with E-state index >= 15 is 0 Å². The number of aliphatic hydroxyl groups excluding tert-OH is 1. The van der Waals surface area contributed by atoms with E-state index < -0.39 is 30.0 Å². The summed E-state index contributed by atoms with van der Waals surface area (Å²) in [6.45, 7) is 1.69. The Labute approximate surface area is 154 Å². The molecule has 2 amide bonds. The number of amides is 2. The molecule has 3 N–H and O–H groups in total. The van der Waals surface area contributed by atoms with Crippen LogP contribution in [0.4, 0.5) is 9.18 Å². The van der Waals surface area contributed by atoms with E-state index in [0.717, 1.165) is 11.1 Å². The molecule has 2 aromatic carbocycles. The van der Waals surface area contributed by atoms with Crippen LogP contribution in [0.1, 0.15) is 35.7 Å². The highest BCUT2D eigenvalue weighted by Crippen LogP contribution is 2.32. The van der Waals surface area contributed by atoms with Crippen molar-refractivity contribution in [1.29, 1.82) is 0 Å². The van der Waals surface area contributed by atoms with Crippen LogP contribution in [0.2, 0.25) is 10.0 Å². The van der Waals surface area contributed by atoms with Crippen molar-refractivity contribution < 1.29 is 14.3 Å². The zero-order valence-electron chi connectivity index (χ0n) is 13.4. The number of hydrogen-bond acceptors (Lipinski definition) is 2. The number of carbonyl (C=O) groups is 1. The van der Waals surface area contributed by atoms with Gasteiger partial charge >= 0.3 is 6.03 Å². The van der Waals surface area contributed by atoms with Crippen molar-refractivity contribution in [2.45, 2.75) is 31.5 Å². The molecule has 7 heteroatoms. The molecule has 0 saturated carbocycles. The number of carbonyl (C=O) groups excluding carboxylic acids is 1. The van der Waals surface area contributed by atoms with Crippen LogP contribution in [0, 0.1) is 5.82 Å². The molecule has 132 valence electrons. The summed E-state index contributed by atoms with van der Waals surface area (Å²) in [4.78, 5) is 12.3. The molecule has 4 nitrogen and oxygen atoms in total. The topological polar surface area (TPSA) is 61.4 Å². The van der Waals surface area contributed by atoms with Gasteiger partial charge < -0.3 is 15.7 Å². The van der Waals surface area contributed by atoms with Crippen molar-refractivity contribution in [1.82, 2.24) is 10.6 Å². The van der Waals surface area contributed by atoms with E-state index in [2.05, 4.69) is 10.6 Å². The van der Waals surface area contributed by atoms with Crippen LogP contribution in [-0.2, 0) is 6.42 Å². The van der Waals surface area contributed by atoms with Gasteiger partial charge in [0.1, 0.15) is 5.82 Å². The zero-order valence-corrected chi connectivity index (χ0v) is 14.9. The Morgan fingerprint density at radius 1 is 1.28 bits per heavy atom. The quantitative estimate of drug-likeness (QED) is 0.698. The Bertz CT molecular complexity index is 816. The van der Waals surface area contributed by atoms with Gasteiger partial charge in [-0.2, -0.15) is 0 Å². The van der Waals surface area contributed by atoms with E-state index in [9.17, 15) is 14.3 Å². The highest BCUT2D eigenvalue weighted by Gasteiger charge is 2.32. The molecule has 0 spiro atoms. The lowest BCUT2D eigenvalue weighted by Gasteiger charge is -2.21. The molecule has 1 aliphatic rings. The summed E-state index contributed by atoms with van der Waals surface area (Å²) in [7, 11) is 0. The molecule has 0 heterocycles. The van der Waals surface area contributed by atoms with Crippen LogP contribution >= 0.6 is 23.2 Å². The predicted octanol–water partition coefficient (Wildman–Crippen LogP) is 4.15. The molecule has 2 aromatic rings. The first-order chi connectivity index (χ1) is 11.9. The lowest BCUT2D eigenvalue weighted by atomic mass is 10.1. The number of halogens is 3. The lowest BCUT2D eigenvalue weighted by Crippen LogP contribution is -2.41. The molecular formula is C18H17Cl2FN2O2. The molecule has 0 saturated heterocycles. The maximum Gasteiger partial charge on any atom is 0.315 e. The molecule has 3 unspecified atom stereocenters. The number of fused-ring (bicyclic) bond motifs is 1. The van der Waals surface area contributed by atoms with Gasteiger partial charge in [-0.1, -0.05) is 47.5 Å². The second-order valence-corrected chi connectivity index (χ2v) is 6.89. The van der Waals surface area contributed by atoms with Crippen LogP contribution in [-0.4, -0.2) is 17.2 Å². The first kappa shape index (κ1) is 18.0. The smallest absolute Gasteiger partial charge is 0.315 e. The van der Waals surface area contributed by atoms with Gasteiger partial charge in [0.25, 0.3) is 0 Å². The van der Waals surface area contributed by atoms with Gasteiger partial charge in [-0.3, -0.25) is 0 Å². The summed E-state index contributed by atoms with van der Waals surface area (Å²) >= 11 is 11.8. The molecule has 0 aliphatic heterocycles. The van der Waals surface area contributed by atoms with Crippen molar-refractivity contribution >= 4 is 29.2 Å². The average Bonchev–Trinajstić information content (AvgIpc) is 2.86. The Balaban J connectivity index is 1.70. The Morgan fingerprint density at radius 3 is 2.76 bits per heavy atom. The van der Waals surface area contributed by atoms with Gasteiger partial charge in [-0.05, 0) is 35.7 Å². The second kappa shape index (κ2) is 7.20. The van der Waals surface area contributed by atoms with Gasteiger partial charge in [-0.15, -0.1) is 0 Å². The third kappa shape index (κ3) is 3.73. The van der Waals surface area contributed by atoms with Crippen molar-refractivity contribution in [2.24, 2.45) is 0 Å². The van der Waals surface area contributed by atoms with Crippen LogP contribution in [0.5, 0.6) is 0 Å². The van der Waals surface area contributed by atoms with E-state index in [4.69, 9.17) is 23.2 Å². The van der Waals surface area contributed by atoms with Gasteiger partial charge in [-0.25, -0.2) is 9.18 Å². The highest BCUT2D eigenvalue weighted by molar-refractivity contribution is 6.35. The zero-order chi connectivity index (χ0) is 18.1. The molecule has 1 aliphatic carbocycles. The molecular weight excluding hydrogens is 366 g/mol. The first-order valence-corrected chi connectivity index (χ1v) is 8.59. The van der Waals surface area contributed by atoms with Crippen molar-refractivity contribution in [3.8, 4) is 0 Å². The molecule has 3 rings (SSSR count). The van der Waals surface area contributed by atoms with Crippen molar-refractivity contribution in [2.75, 3.05) is 0 Å². The minimum absolute atomic E-state index is 0.0731. The van der Waals surface area contributed by atoms with Gasteiger partial charge in [0.15, 0.2) is 0 Å². The number of hydrogen-bond donors (Lipinski definition) is 3. The summed E-state index contributed by atoms with van der Waals surface area (Å²) in [5.74, 6) is -0.602. The predicted molar refractivity (Wildman–Crippen MR) is 95.4 cm³/mol. The Morgan fingerprint density at radius 2 is 2.00 bits per heavy atom. The fourth-order valence-electron chi connectivity index (χ4n) is 3.07. The van der Waals surface area contributed by atoms with Crippen molar-refractivity contribution in [3.05, 3.63) is 69.0 Å². The average molecular weight is 383 g/mol. The number of rotatable bonds is 3. The normalized spacial score (nSPS) is 20.0. The molecule has 3 atom stereocenters. The summed E-state index contributed by atoms with van der Waals surface area (Å²) in [5.41, 5.74) is 2.33. The maximum atomic E-state index is 13.6. The van der Waals surface area contributed by atoms with E-state index in [1.807, 2.05) is 24.3 Å². The minimum atomic E-state index is -0.685. The van der Waals surface area contributed by atoms with Crippen LogP contribution in [0.3, 0.4) is 0 Å². The van der Waals surface area contributed by atoms with E-state index in [1.54, 1.807) is 6.92 Å². The number of aliphatic hydroxyl groups is 1. The third-order valence-corrected chi connectivity index (χ3v) is 4.96. The number of urea groups is 1. The van der Waals surface area contributed by atoms with Gasteiger partial charge in [0.05, 0.1) is 23.2 Å².